The second-order valence-electron chi connectivity index (χ2n) is 8.11. The van der Waals surface area contributed by atoms with Crippen LogP contribution >= 0.6 is 24.0 Å². The number of nitrogens with one attached hydrogen (secondary N) is 2. The summed E-state index contributed by atoms with van der Waals surface area (Å²) in [6, 6.07) is 5.26. The Morgan fingerprint density at radius 2 is 1.94 bits per heavy atom. The summed E-state index contributed by atoms with van der Waals surface area (Å²) in [5.74, 6) is 1.24. The summed E-state index contributed by atoms with van der Waals surface area (Å²) in [6.07, 6.45) is 0.459. The minimum Gasteiger partial charge on any atom is -0.370 e. The maximum Gasteiger partial charge on any atom is 0.416 e. The molecular formula is C22H32F3IN4O2. The van der Waals surface area contributed by atoms with Crippen molar-refractivity contribution in [2.45, 2.75) is 44.4 Å². The van der Waals surface area contributed by atoms with Gasteiger partial charge in [0.15, 0.2) is 5.96 Å². The molecule has 1 aliphatic carbocycles. The number of carbonyl (C=O) groups is 1. The van der Waals surface area contributed by atoms with Crippen LogP contribution in [0.1, 0.15) is 49.3 Å². The van der Waals surface area contributed by atoms with E-state index in [4.69, 9.17) is 4.74 Å². The molecule has 1 amide bonds. The van der Waals surface area contributed by atoms with Gasteiger partial charge in [-0.25, -0.2) is 0 Å². The Morgan fingerprint density at radius 3 is 2.62 bits per heavy atom. The van der Waals surface area contributed by atoms with Crippen molar-refractivity contribution in [3.63, 3.8) is 0 Å². The van der Waals surface area contributed by atoms with Gasteiger partial charge in [-0.3, -0.25) is 9.79 Å². The average molecular weight is 568 g/mol. The quantitative estimate of drug-likeness (QED) is 0.236. The Kier molecular flexibility index (Phi) is 10.5. The second kappa shape index (κ2) is 12.6. The van der Waals surface area contributed by atoms with E-state index in [0.717, 1.165) is 25.0 Å². The fourth-order valence-electron chi connectivity index (χ4n) is 4.22. The summed E-state index contributed by atoms with van der Waals surface area (Å²) in [5, 5.41) is 6.16. The van der Waals surface area contributed by atoms with Crippen molar-refractivity contribution >= 4 is 35.8 Å². The summed E-state index contributed by atoms with van der Waals surface area (Å²) >= 11 is 0. The van der Waals surface area contributed by atoms with Gasteiger partial charge in [0.05, 0.1) is 18.7 Å². The fraction of sp³-hybridized carbons (Fsp3) is 0.636. The zero-order chi connectivity index (χ0) is 22.3. The number of ether oxygens (including phenoxy) is 1. The number of morpholine rings is 1. The first-order valence-electron chi connectivity index (χ1n) is 10.9. The molecule has 10 heteroatoms. The Bertz CT molecular complexity index is 770. The molecule has 1 saturated carbocycles. The monoisotopic (exact) mass is 568 g/mol. The Hall–Kier alpha value is -1.56. The minimum absolute atomic E-state index is 0. The zero-order valence-corrected chi connectivity index (χ0v) is 20.6. The molecule has 1 aromatic carbocycles. The van der Waals surface area contributed by atoms with E-state index >= 15 is 0 Å². The van der Waals surface area contributed by atoms with E-state index in [-0.39, 0.29) is 29.9 Å². The number of nitrogens with zero attached hydrogens (tertiary/aromatic N) is 2. The van der Waals surface area contributed by atoms with Crippen LogP contribution < -0.4 is 10.6 Å². The number of hydrogen-bond acceptors (Lipinski definition) is 3. The fourth-order valence-corrected chi connectivity index (χ4v) is 4.22. The van der Waals surface area contributed by atoms with Gasteiger partial charge in [-0.05, 0) is 36.5 Å². The Labute approximate surface area is 204 Å². The predicted molar refractivity (Wildman–Crippen MR) is 128 cm³/mol. The average Bonchev–Trinajstić information content (AvgIpc) is 3.26. The molecule has 2 fully saturated rings. The topological polar surface area (TPSA) is 66.0 Å². The number of benzene rings is 1. The van der Waals surface area contributed by atoms with Gasteiger partial charge >= 0.3 is 6.18 Å². The van der Waals surface area contributed by atoms with Crippen LogP contribution in [0, 0.1) is 5.92 Å². The maximum atomic E-state index is 13.0. The van der Waals surface area contributed by atoms with Crippen molar-refractivity contribution in [1.82, 2.24) is 15.5 Å². The van der Waals surface area contributed by atoms with Crippen LogP contribution in [0.25, 0.3) is 0 Å². The first kappa shape index (κ1) is 26.7. The lowest BCUT2D eigenvalue weighted by Crippen LogP contribution is -2.49. The van der Waals surface area contributed by atoms with Gasteiger partial charge in [0.1, 0.15) is 6.10 Å². The van der Waals surface area contributed by atoms with Crippen LogP contribution in [0.4, 0.5) is 13.2 Å². The first-order chi connectivity index (χ1) is 14.9. The van der Waals surface area contributed by atoms with Gasteiger partial charge in [0, 0.05) is 33.1 Å². The molecule has 2 aliphatic rings. The van der Waals surface area contributed by atoms with Crippen LogP contribution in [0.15, 0.2) is 29.3 Å². The highest BCUT2D eigenvalue weighted by atomic mass is 127. The van der Waals surface area contributed by atoms with E-state index in [1.165, 1.54) is 18.9 Å². The van der Waals surface area contributed by atoms with Crippen molar-refractivity contribution in [3.05, 3.63) is 35.4 Å². The summed E-state index contributed by atoms with van der Waals surface area (Å²) in [5.41, 5.74) is -0.185. The molecule has 1 saturated heterocycles. The highest BCUT2D eigenvalue weighted by molar-refractivity contribution is 14.0. The smallest absolute Gasteiger partial charge is 0.370 e. The summed E-state index contributed by atoms with van der Waals surface area (Å²) in [4.78, 5) is 18.3. The van der Waals surface area contributed by atoms with Crippen molar-refractivity contribution in [2.24, 2.45) is 10.9 Å². The highest BCUT2D eigenvalue weighted by Crippen LogP contribution is 2.32. The predicted octanol–water partition coefficient (Wildman–Crippen LogP) is 3.97. The molecule has 0 bridgehead atoms. The minimum atomic E-state index is -4.38. The molecule has 6 nitrogen and oxygen atoms in total. The van der Waals surface area contributed by atoms with E-state index < -0.39 is 17.8 Å². The Balaban J connectivity index is 0.00000363. The number of rotatable bonds is 6. The number of carbonyl (C=O) groups excluding carboxylic acids is 1. The van der Waals surface area contributed by atoms with Crippen LogP contribution in [0.2, 0.25) is 0 Å². The van der Waals surface area contributed by atoms with Crippen molar-refractivity contribution < 1.29 is 22.7 Å². The van der Waals surface area contributed by atoms with Crippen molar-refractivity contribution in [3.8, 4) is 0 Å². The summed E-state index contributed by atoms with van der Waals surface area (Å²) < 4.78 is 44.8. The summed E-state index contributed by atoms with van der Waals surface area (Å²) in [7, 11) is 1.66. The lowest BCUT2D eigenvalue weighted by molar-refractivity contribution is -0.137. The molecule has 2 N–H and O–H groups in total. The SMILES string of the molecule is CN=C(NCCNC(=O)CC1CCCC1)N1CCOC(c2cccc(C(F)(F)F)c2)C1.I. The van der Waals surface area contributed by atoms with Gasteiger partial charge in [-0.1, -0.05) is 25.0 Å². The maximum absolute atomic E-state index is 13.0. The first-order valence-corrected chi connectivity index (χ1v) is 10.9. The molecule has 1 atom stereocenters. The highest BCUT2D eigenvalue weighted by Gasteiger charge is 2.32. The van der Waals surface area contributed by atoms with E-state index in [1.54, 1.807) is 13.1 Å². The lowest BCUT2D eigenvalue weighted by Gasteiger charge is -2.35. The van der Waals surface area contributed by atoms with E-state index in [9.17, 15) is 18.0 Å². The molecule has 0 aromatic heterocycles. The lowest BCUT2D eigenvalue weighted by atomic mass is 10.0. The molecule has 32 heavy (non-hydrogen) atoms. The third kappa shape index (κ3) is 7.79. The number of alkyl halides is 3. The van der Waals surface area contributed by atoms with Gasteiger partial charge in [-0.15, -0.1) is 24.0 Å². The molecular weight excluding hydrogens is 536 g/mol. The van der Waals surface area contributed by atoms with E-state index in [0.29, 0.717) is 56.6 Å². The number of aliphatic imine (C=N–C) groups is 1. The molecule has 0 radical (unpaired) electrons. The molecule has 1 heterocycles. The van der Waals surface area contributed by atoms with Crippen LogP contribution in [-0.4, -0.2) is 56.6 Å². The van der Waals surface area contributed by atoms with E-state index in [1.807, 2.05) is 4.90 Å². The zero-order valence-electron chi connectivity index (χ0n) is 18.3. The van der Waals surface area contributed by atoms with Gasteiger partial charge < -0.3 is 20.3 Å². The molecule has 180 valence electrons. The van der Waals surface area contributed by atoms with E-state index in [2.05, 4.69) is 15.6 Å². The third-order valence-corrected chi connectivity index (χ3v) is 5.84. The van der Waals surface area contributed by atoms with Crippen LogP contribution in [-0.2, 0) is 15.7 Å². The molecule has 1 aromatic rings. The molecule has 1 aliphatic heterocycles. The van der Waals surface area contributed by atoms with Crippen LogP contribution in [0.5, 0.6) is 0 Å². The van der Waals surface area contributed by atoms with Gasteiger partial charge in [-0.2, -0.15) is 13.2 Å². The number of amides is 1. The van der Waals surface area contributed by atoms with Gasteiger partial charge in [0.25, 0.3) is 0 Å². The summed E-state index contributed by atoms with van der Waals surface area (Å²) in [6.45, 7) is 2.39. The normalized spacial score (nSPS) is 20.1. The van der Waals surface area contributed by atoms with Crippen molar-refractivity contribution in [2.75, 3.05) is 39.8 Å². The number of guanidine groups is 1. The molecule has 3 rings (SSSR count). The standard InChI is InChI=1S/C22H31F3N4O2.HI/c1-26-21(28-10-9-27-20(30)13-16-5-2-3-6-16)29-11-12-31-19(15-29)17-7-4-8-18(14-17)22(23,24)25;/h4,7-8,14,16,19H,2-3,5-6,9-13,15H2,1H3,(H,26,28)(H,27,30);1H. The van der Waals surface area contributed by atoms with Crippen molar-refractivity contribution in [1.29, 1.82) is 0 Å². The molecule has 1 unspecified atom stereocenters. The second-order valence-corrected chi connectivity index (χ2v) is 8.11. The van der Waals surface area contributed by atoms with Crippen LogP contribution in [0.3, 0.4) is 0 Å². The molecule has 0 spiro atoms. The number of halogens is 4. The third-order valence-electron chi connectivity index (χ3n) is 5.84. The largest absolute Gasteiger partial charge is 0.416 e. The van der Waals surface area contributed by atoms with Gasteiger partial charge in [0.2, 0.25) is 5.91 Å². The Morgan fingerprint density at radius 1 is 1.22 bits per heavy atom. The number of hydrogen-bond donors (Lipinski definition) is 2.